The van der Waals surface area contributed by atoms with Crippen molar-refractivity contribution < 1.29 is 14.6 Å². The summed E-state index contributed by atoms with van der Waals surface area (Å²) >= 11 is 0. The zero-order valence-electron chi connectivity index (χ0n) is 9.50. The zero-order valence-corrected chi connectivity index (χ0v) is 9.50. The third-order valence-electron chi connectivity index (χ3n) is 2.88. The van der Waals surface area contributed by atoms with E-state index in [1.54, 1.807) is 4.68 Å². The molecule has 3 N–H and O–H groups in total. The Balaban J connectivity index is 2.17. The first-order chi connectivity index (χ1) is 8.22. The van der Waals surface area contributed by atoms with E-state index in [9.17, 15) is 4.79 Å². The normalized spacial score (nSPS) is 19.7. The van der Waals surface area contributed by atoms with E-state index in [4.69, 9.17) is 15.6 Å². The number of aromatic carboxylic acids is 1. The molecule has 0 aromatic carbocycles. The second kappa shape index (κ2) is 5.24. The molecule has 0 radical (unpaired) electrons. The molecule has 0 bridgehead atoms. The third kappa shape index (κ3) is 2.62. The molecule has 1 aromatic rings. The Morgan fingerprint density at radius 3 is 3.06 bits per heavy atom. The van der Waals surface area contributed by atoms with E-state index in [0.717, 1.165) is 13.0 Å². The summed E-state index contributed by atoms with van der Waals surface area (Å²) in [4.78, 5) is 11.0. The fourth-order valence-corrected chi connectivity index (χ4v) is 2.00. The van der Waals surface area contributed by atoms with Crippen LogP contribution in [0.25, 0.3) is 0 Å². The molecule has 1 aromatic heterocycles. The van der Waals surface area contributed by atoms with Crippen molar-refractivity contribution in [1.82, 2.24) is 15.0 Å². The van der Waals surface area contributed by atoms with Crippen molar-refractivity contribution >= 4 is 5.97 Å². The van der Waals surface area contributed by atoms with Crippen molar-refractivity contribution in [3.8, 4) is 0 Å². The molecule has 1 saturated heterocycles. The van der Waals surface area contributed by atoms with Crippen molar-refractivity contribution in [2.75, 3.05) is 19.8 Å². The van der Waals surface area contributed by atoms with E-state index >= 15 is 0 Å². The van der Waals surface area contributed by atoms with Gasteiger partial charge in [-0.15, -0.1) is 5.10 Å². The Morgan fingerprint density at radius 2 is 2.47 bits per heavy atom. The van der Waals surface area contributed by atoms with Crippen LogP contribution < -0.4 is 5.73 Å². The Labute approximate surface area is 98.5 Å². The lowest BCUT2D eigenvalue weighted by atomic mass is 10.1. The summed E-state index contributed by atoms with van der Waals surface area (Å²) in [6, 6.07) is 0. The monoisotopic (exact) mass is 240 g/mol. The number of aromatic nitrogens is 3. The highest BCUT2D eigenvalue weighted by Crippen LogP contribution is 2.16. The Hall–Kier alpha value is -1.47. The fourth-order valence-electron chi connectivity index (χ4n) is 2.00. The van der Waals surface area contributed by atoms with Crippen LogP contribution in [0.5, 0.6) is 0 Å². The molecule has 7 heteroatoms. The smallest absolute Gasteiger partial charge is 0.358 e. The molecule has 2 rings (SSSR count). The Kier molecular flexibility index (Phi) is 3.70. The van der Waals surface area contributed by atoms with Gasteiger partial charge in [0.25, 0.3) is 0 Å². The Morgan fingerprint density at radius 1 is 1.65 bits per heavy atom. The first-order valence-electron chi connectivity index (χ1n) is 5.66. The number of carboxylic acid groups (broad SMARTS) is 1. The van der Waals surface area contributed by atoms with Gasteiger partial charge in [0.1, 0.15) is 0 Å². The highest BCUT2D eigenvalue weighted by Gasteiger charge is 2.22. The number of nitrogens with two attached hydrogens (primary N) is 1. The third-order valence-corrected chi connectivity index (χ3v) is 2.88. The molecule has 1 fully saturated rings. The van der Waals surface area contributed by atoms with Crippen LogP contribution >= 0.6 is 0 Å². The largest absolute Gasteiger partial charge is 0.476 e. The number of ether oxygens (including phenoxy) is 1. The maximum atomic E-state index is 11.0. The molecule has 94 valence electrons. The van der Waals surface area contributed by atoms with Crippen LogP contribution in [0.4, 0.5) is 0 Å². The summed E-state index contributed by atoms with van der Waals surface area (Å²) in [5, 5.41) is 16.6. The maximum Gasteiger partial charge on any atom is 0.358 e. The number of nitrogens with zero attached hydrogens (tertiary/aromatic N) is 3. The summed E-state index contributed by atoms with van der Waals surface area (Å²) in [5.74, 6) is -0.669. The van der Waals surface area contributed by atoms with Gasteiger partial charge in [0.2, 0.25) is 0 Å². The minimum atomic E-state index is -1.05. The van der Waals surface area contributed by atoms with Crippen LogP contribution in [0, 0.1) is 5.92 Å². The molecule has 1 unspecified atom stereocenters. The molecule has 17 heavy (non-hydrogen) atoms. The van der Waals surface area contributed by atoms with Crippen LogP contribution in [0.15, 0.2) is 0 Å². The SMILES string of the molecule is NCCc1c(C(=O)O)nnn1CC1CCOC1. The van der Waals surface area contributed by atoms with Crippen molar-refractivity contribution in [2.24, 2.45) is 11.7 Å². The van der Waals surface area contributed by atoms with E-state index < -0.39 is 5.97 Å². The summed E-state index contributed by atoms with van der Waals surface area (Å²) in [5.41, 5.74) is 6.09. The molecule has 7 nitrogen and oxygen atoms in total. The van der Waals surface area contributed by atoms with Gasteiger partial charge in [0, 0.05) is 25.5 Å². The van der Waals surface area contributed by atoms with Crippen LogP contribution in [-0.4, -0.2) is 45.8 Å². The van der Waals surface area contributed by atoms with Gasteiger partial charge >= 0.3 is 5.97 Å². The van der Waals surface area contributed by atoms with Gasteiger partial charge in [-0.3, -0.25) is 0 Å². The van der Waals surface area contributed by atoms with Crippen LogP contribution in [0.2, 0.25) is 0 Å². The molecular formula is C10H16N4O3. The van der Waals surface area contributed by atoms with Crippen molar-refractivity contribution in [2.45, 2.75) is 19.4 Å². The van der Waals surface area contributed by atoms with Crippen molar-refractivity contribution in [3.63, 3.8) is 0 Å². The number of hydrogen-bond donors (Lipinski definition) is 2. The molecule has 1 aliphatic rings. The predicted molar refractivity (Wildman–Crippen MR) is 58.7 cm³/mol. The minimum Gasteiger partial charge on any atom is -0.476 e. The van der Waals surface area contributed by atoms with Gasteiger partial charge in [-0.25, -0.2) is 9.48 Å². The second-order valence-electron chi connectivity index (χ2n) is 4.14. The van der Waals surface area contributed by atoms with Gasteiger partial charge < -0.3 is 15.6 Å². The lowest BCUT2D eigenvalue weighted by Gasteiger charge is -2.10. The summed E-state index contributed by atoms with van der Waals surface area (Å²) < 4.78 is 6.93. The van der Waals surface area contributed by atoms with Gasteiger partial charge in [0.15, 0.2) is 5.69 Å². The maximum absolute atomic E-state index is 11.0. The van der Waals surface area contributed by atoms with Crippen molar-refractivity contribution in [3.05, 3.63) is 11.4 Å². The van der Waals surface area contributed by atoms with Gasteiger partial charge in [0.05, 0.1) is 12.3 Å². The topological polar surface area (TPSA) is 103 Å². The zero-order chi connectivity index (χ0) is 12.3. The van der Waals surface area contributed by atoms with Crippen molar-refractivity contribution in [1.29, 1.82) is 0 Å². The molecule has 0 saturated carbocycles. The fraction of sp³-hybridized carbons (Fsp3) is 0.700. The molecule has 0 aliphatic carbocycles. The van der Waals surface area contributed by atoms with Crippen LogP contribution in [0.3, 0.4) is 0 Å². The standard InChI is InChI=1S/C10H16N4O3/c11-3-1-8-9(10(15)16)12-13-14(8)5-7-2-4-17-6-7/h7H,1-6,11H2,(H,15,16). The molecule has 1 atom stereocenters. The van der Waals surface area contributed by atoms with E-state index in [0.29, 0.717) is 37.7 Å². The number of hydrogen-bond acceptors (Lipinski definition) is 5. The Bertz CT molecular complexity index is 398. The highest BCUT2D eigenvalue weighted by atomic mass is 16.5. The van der Waals surface area contributed by atoms with E-state index in [1.807, 2.05) is 0 Å². The summed E-state index contributed by atoms with van der Waals surface area (Å²) in [6.45, 7) is 2.49. The first kappa shape index (κ1) is 12.0. The predicted octanol–water partition coefficient (Wildman–Crippen LogP) is -0.486. The molecule has 1 aliphatic heterocycles. The molecule has 0 spiro atoms. The van der Waals surface area contributed by atoms with E-state index in [1.165, 1.54) is 0 Å². The minimum absolute atomic E-state index is 0.00867. The highest BCUT2D eigenvalue weighted by molar-refractivity contribution is 5.86. The number of carboxylic acids is 1. The summed E-state index contributed by atoms with van der Waals surface area (Å²) in [6.07, 6.45) is 1.45. The lowest BCUT2D eigenvalue weighted by Crippen LogP contribution is -2.17. The lowest BCUT2D eigenvalue weighted by molar-refractivity contribution is 0.0689. The van der Waals surface area contributed by atoms with Gasteiger partial charge in [-0.2, -0.15) is 0 Å². The quantitative estimate of drug-likeness (QED) is 0.720. The molecule has 0 amide bonds. The number of carbonyl (C=O) groups is 1. The number of rotatable bonds is 5. The van der Waals surface area contributed by atoms with Crippen LogP contribution in [0.1, 0.15) is 22.6 Å². The van der Waals surface area contributed by atoms with Gasteiger partial charge in [-0.05, 0) is 13.0 Å². The van der Waals surface area contributed by atoms with Crippen LogP contribution in [-0.2, 0) is 17.7 Å². The second-order valence-corrected chi connectivity index (χ2v) is 4.14. The summed E-state index contributed by atoms with van der Waals surface area (Å²) in [7, 11) is 0. The van der Waals surface area contributed by atoms with E-state index in [2.05, 4.69) is 10.3 Å². The first-order valence-corrected chi connectivity index (χ1v) is 5.66. The molecule has 2 heterocycles. The van der Waals surface area contributed by atoms with Gasteiger partial charge in [-0.1, -0.05) is 5.21 Å². The molecular weight excluding hydrogens is 224 g/mol. The average Bonchev–Trinajstić information content (AvgIpc) is 2.90. The average molecular weight is 240 g/mol. The van der Waals surface area contributed by atoms with E-state index in [-0.39, 0.29) is 5.69 Å².